The van der Waals surface area contributed by atoms with E-state index in [-0.39, 0.29) is 12.2 Å². The molecule has 1 rings (SSSR count). The van der Waals surface area contributed by atoms with Crippen molar-refractivity contribution >= 4 is 18.0 Å². The van der Waals surface area contributed by atoms with E-state index in [0.717, 1.165) is 24.3 Å². The first-order chi connectivity index (χ1) is 7.93. The van der Waals surface area contributed by atoms with E-state index in [9.17, 15) is 22.8 Å². The summed E-state index contributed by atoms with van der Waals surface area (Å²) < 4.78 is 36.6. The lowest BCUT2D eigenvalue weighted by molar-refractivity contribution is -0.137. The van der Waals surface area contributed by atoms with E-state index in [1.165, 1.54) is 0 Å². The van der Waals surface area contributed by atoms with E-state index in [0.29, 0.717) is 6.29 Å². The fourth-order valence-corrected chi connectivity index (χ4v) is 1.05. The molecule has 0 aliphatic heterocycles. The van der Waals surface area contributed by atoms with Crippen LogP contribution in [-0.2, 0) is 11.0 Å². The average Bonchev–Trinajstić information content (AvgIpc) is 2.26. The molecule has 1 aromatic carbocycles. The molecule has 0 aliphatic rings. The van der Waals surface area contributed by atoms with Gasteiger partial charge in [-0.05, 0) is 24.3 Å². The molecule has 2 N–H and O–H groups in total. The van der Waals surface area contributed by atoms with Crippen molar-refractivity contribution in [2.45, 2.75) is 6.18 Å². The van der Waals surface area contributed by atoms with Crippen molar-refractivity contribution in [3.8, 4) is 0 Å². The minimum absolute atomic E-state index is 0.160. The Morgan fingerprint density at radius 3 is 2.29 bits per heavy atom. The van der Waals surface area contributed by atoms with Crippen LogP contribution in [-0.4, -0.2) is 18.9 Å². The van der Waals surface area contributed by atoms with Crippen molar-refractivity contribution in [2.75, 3.05) is 11.9 Å². The monoisotopic (exact) mass is 246 g/mol. The zero-order chi connectivity index (χ0) is 12.9. The molecule has 0 spiro atoms. The summed E-state index contributed by atoms with van der Waals surface area (Å²) in [4.78, 5) is 21.0. The first kappa shape index (κ1) is 13.0. The Kier molecular flexibility index (Phi) is 4.08. The highest BCUT2D eigenvalue weighted by atomic mass is 19.4. The predicted octanol–water partition coefficient (Wildman–Crippen LogP) is 2.03. The second-order valence-electron chi connectivity index (χ2n) is 3.08. The van der Waals surface area contributed by atoms with Gasteiger partial charge < -0.3 is 15.4 Å². The minimum atomic E-state index is -4.40. The molecule has 0 unspecified atom stereocenters. The maximum atomic E-state index is 12.2. The molecule has 0 aliphatic carbocycles. The molecule has 17 heavy (non-hydrogen) atoms. The van der Waals surface area contributed by atoms with Crippen LogP contribution in [0.3, 0.4) is 0 Å². The van der Waals surface area contributed by atoms with Gasteiger partial charge in [0.1, 0.15) is 6.29 Å². The number of aldehydes is 1. The zero-order valence-electron chi connectivity index (χ0n) is 8.54. The Morgan fingerprint density at radius 2 is 1.82 bits per heavy atom. The summed E-state index contributed by atoms with van der Waals surface area (Å²) in [6, 6.07) is 3.31. The Bertz CT molecular complexity index is 401. The maximum absolute atomic E-state index is 12.2. The smallest absolute Gasteiger partial charge is 0.331 e. The summed E-state index contributed by atoms with van der Waals surface area (Å²) in [5.41, 5.74) is -0.585. The second-order valence-corrected chi connectivity index (χ2v) is 3.08. The largest absolute Gasteiger partial charge is 0.416 e. The number of urea groups is 1. The van der Waals surface area contributed by atoms with Gasteiger partial charge in [-0.15, -0.1) is 0 Å². The van der Waals surface area contributed by atoms with Crippen LogP contribution < -0.4 is 10.6 Å². The van der Waals surface area contributed by atoms with Crippen LogP contribution in [0.5, 0.6) is 0 Å². The molecule has 0 saturated carbocycles. The Balaban J connectivity index is 2.62. The van der Waals surface area contributed by atoms with Crippen LogP contribution in [0.4, 0.5) is 23.7 Å². The standard InChI is InChI=1S/C10H9F3N2O2/c11-10(12,13)7-1-3-8(4-2-7)15-9(17)14-5-6-16/h1-4,6H,5H2,(H2,14,15,17). The molecule has 4 nitrogen and oxygen atoms in total. The Labute approximate surface area is 94.8 Å². The topological polar surface area (TPSA) is 58.2 Å². The summed E-state index contributed by atoms with van der Waals surface area (Å²) in [5.74, 6) is 0. The van der Waals surface area contributed by atoms with Gasteiger partial charge in [0.2, 0.25) is 0 Å². The van der Waals surface area contributed by atoms with Gasteiger partial charge in [0.15, 0.2) is 0 Å². The molecule has 1 aromatic rings. The first-order valence-electron chi connectivity index (χ1n) is 4.59. The molecule has 0 bridgehead atoms. The third-order valence-corrected chi connectivity index (χ3v) is 1.82. The van der Waals surface area contributed by atoms with Crippen molar-refractivity contribution in [1.82, 2.24) is 5.32 Å². The number of rotatable bonds is 3. The molecular weight excluding hydrogens is 237 g/mol. The summed E-state index contributed by atoms with van der Waals surface area (Å²) in [6.45, 7) is -0.160. The van der Waals surface area contributed by atoms with E-state index in [2.05, 4.69) is 10.6 Å². The van der Waals surface area contributed by atoms with E-state index < -0.39 is 17.8 Å². The van der Waals surface area contributed by atoms with Gasteiger partial charge in [-0.1, -0.05) is 0 Å². The molecule has 7 heteroatoms. The fraction of sp³-hybridized carbons (Fsp3) is 0.200. The highest BCUT2D eigenvalue weighted by Crippen LogP contribution is 2.29. The molecule has 0 atom stereocenters. The molecule has 0 heterocycles. The SMILES string of the molecule is O=CCNC(=O)Nc1ccc(C(F)(F)F)cc1. The van der Waals surface area contributed by atoms with Gasteiger partial charge in [-0.25, -0.2) is 4.79 Å². The molecule has 2 amide bonds. The Morgan fingerprint density at radius 1 is 1.24 bits per heavy atom. The van der Waals surface area contributed by atoms with Gasteiger partial charge in [0, 0.05) is 5.69 Å². The molecule has 92 valence electrons. The number of benzene rings is 1. The molecule has 0 aromatic heterocycles. The lowest BCUT2D eigenvalue weighted by atomic mass is 10.2. The molecule has 0 fully saturated rings. The summed E-state index contributed by atoms with van der Waals surface area (Å²) in [6.07, 6.45) is -3.91. The number of halogens is 3. The minimum Gasteiger partial charge on any atom is -0.331 e. The van der Waals surface area contributed by atoms with Gasteiger partial charge in [0.05, 0.1) is 12.1 Å². The Hall–Kier alpha value is -2.05. The van der Waals surface area contributed by atoms with Gasteiger partial charge in [-0.3, -0.25) is 0 Å². The van der Waals surface area contributed by atoms with Crippen molar-refractivity contribution in [1.29, 1.82) is 0 Å². The predicted molar refractivity (Wildman–Crippen MR) is 54.5 cm³/mol. The number of carbonyl (C=O) groups is 2. The van der Waals surface area contributed by atoms with Crippen LogP contribution in [0.2, 0.25) is 0 Å². The number of nitrogens with one attached hydrogen (secondary N) is 2. The number of alkyl halides is 3. The summed E-state index contributed by atoms with van der Waals surface area (Å²) >= 11 is 0. The number of amides is 2. The van der Waals surface area contributed by atoms with Gasteiger partial charge in [0.25, 0.3) is 0 Å². The highest BCUT2D eigenvalue weighted by molar-refractivity contribution is 5.90. The van der Waals surface area contributed by atoms with E-state index >= 15 is 0 Å². The van der Waals surface area contributed by atoms with Crippen LogP contribution in [0, 0.1) is 0 Å². The van der Waals surface area contributed by atoms with Crippen LogP contribution in [0.15, 0.2) is 24.3 Å². The van der Waals surface area contributed by atoms with E-state index in [1.54, 1.807) is 0 Å². The van der Waals surface area contributed by atoms with Crippen molar-refractivity contribution < 1.29 is 22.8 Å². The first-order valence-corrected chi connectivity index (χ1v) is 4.59. The lowest BCUT2D eigenvalue weighted by Gasteiger charge is -2.08. The van der Waals surface area contributed by atoms with Crippen LogP contribution >= 0.6 is 0 Å². The third kappa shape index (κ3) is 4.13. The van der Waals surface area contributed by atoms with Crippen LogP contribution in [0.25, 0.3) is 0 Å². The highest BCUT2D eigenvalue weighted by Gasteiger charge is 2.29. The number of hydrogen-bond acceptors (Lipinski definition) is 2. The summed E-state index contributed by atoms with van der Waals surface area (Å²) in [7, 11) is 0. The van der Waals surface area contributed by atoms with Gasteiger partial charge >= 0.3 is 12.2 Å². The molecule has 0 saturated heterocycles. The van der Waals surface area contributed by atoms with Crippen molar-refractivity contribution in [3.63, 3.8) is 0 Å². The van der Waals surface area contributed by atoms with Crippen molar-refractivity contribution in [3.05, 3.63) is 29.8 Å². The fourth-order valence-electron chi connectivity index (χ4n) is 1.05. The number of hydrogen-bond donors (Lipinski definition) is 2. The zero-order valence-corrected chi connectivity index (χ0v) is 8.54. The summed E-state index contributed by atoms with van der Waals surface area (Å²) in [5, 5.41) is 4.46. The van der Waals surface area contributed by atoms with Crippen molar-refractivity contribution in [2.24, 2.45) is 0 Å². The maximum Gasteiger partial charge on any atom is 0.416 e. The second kappa shape index (κ2) is 5.33. The quantitative estimate of drug-likeness (QED) is 0.801. The molecule has 0 radical (unpaired) electrons. The molecular formula is C10H9F3N2O2. The number of carbonyl (C=O) groups excluding carboxylic acids is 2. The number of anilines is 1. The van der Waals surface area contributed by atoms with Gasteiger partial charge in [-0.2, -0.15) is 13.2 Å². The van der Waals surface area contributed by atoms with E-state index in [4.69, 9.17) is 0 Å². The third-order valence-electron chi connectivity index (χ3n) is 1.82. The normalized spacial score (nSPS) is 10.8. The lowest BCUT2D eigenvalue weighted by Crippen LogP contribution is -2.30. The van der Waals surface area contributed by atoms with E-state index in [1.807, 2.05) is 0 Å². The van der Waals surface area contributed by atoms with Crippen LogP contribution in [0.1, 0.15) is 5.56 Å². The average molecular weight is 246 g/mol.